The van der Waals surface area contributed by atoms with Crippen LogP contribution in [0.5, 0.6) is 0 Å². The highest BCUT2D eigenvalue weighted by atomic mass is 16.4. The Kier molecular flexibility index (Phi) is 4.14. The molecule has 1 aromatic heterocycles. The first-order valence-electron chi connectivity index (χ1n) is 7.75. The second-order valence-electron chi connectivity index (χ2n) is 5.85. The number of nitrogens with one attached hydrogen (secondary N) is 1. The number of para-hydroxylation sites is 1. The Hall–Kier alpha value is -2.63. The molecule has 0 aliphatic heterocycles. The van der Waals surface area contributed by atoms with Crippen LogP contribution in [0.3, 0.4) is 0 Å². The molecule has 1 heterocycles. The molecular weight excluding hydrogens is 294 g/mol. The summed E-state index contributed by atoms with van der Waals surface area (Å²) in [6, 6.07) is 9.30. The van der Waals surface area contributed by atoms with Gasteiger partial charge in [0.1, 0.15) is 0 Å². The Balaban J connectivity index is 1.89. The number of aliphatic carboxylic acids is 1. The molecule has 1 aliphatic carbocycles. The SMILES string of the molecule is CC(CC(=O)O)NC(=O)c1nn(-c2ccccc2)c2c1CCC2. The summed E-state index contributed by atoms with van der Waals surface area (Å²) in [5.41, 5.74) is 3.41. The molecule has 2 N–H and O–H groups in total. The van der Waals surface area contributed by atoms with Gasteiger partial charge in [-0.15, -0.1) is 0 Å². The number of carboxylic acids is 1. The molecule has 3 rings (SSSR count). The summed E-state index contributed by atoms with van der Waals surface area (Å²) in [6.45, 7) is 1.68. The van der Waals surface area contributed by atoms with Gasteiger partial charge in [0.25, 0.3) is 5.91 Å². The lowest BCUT2D eigenvalue weighted by molar-refractivity contribution is -0.137. The lowest BCUT2D eigenvalue weighted by Gasteiger charge is -2.10. The standard InChI is InChI=1S/C17H19N3O3/c1-11(10-15(21)22)18-17(23)16-13-8-5-9-14(13)20(19-16)12-6-3-2-4-7-12/h2-4,6-7,11H,5,8-10H2,1H3,(H,18,23)(H,21,22). The highest BCUT2D eigenvalue weighted by Gasteiger charge is 2.27. The van der Waals surface area contributed by atoms with E-state index in [4.69, 9.17) is 5.11 Å². The smallest absolute Gasteiger partial charge is 0.305 e. The van der Waals surface area contributed by atoms with Crippen molar-refractivity contribution < 1.29 is 14.7 Å². The molecule has 2 aromatic rings. The average molecular weight is 313 g/mol. The monoisotopic (exact) mass is 313 g/mol. The summed E-state index contributed by atoms with van der Waals surface area (Å²) in [5.74, 6) is -1.23. The summed E-state index contributed by atoms with van der Waals surface area (Å²) in [7, 11) is 0. The molecule has 1 aromatic carbocycles. The predicted molar refractivity (Wildman–Crippen MR) is 84.8 cm³/mol. The third-order valence-corrected chi connectivity index (χ3v) is 4.00. The Labute approximate surface area is 134 Å². The van der Waals surface area contributed by atoms with Gasteiger partial charge in [-0.2, -0.15) is 5.10 Å². The third-order valence-electron chi connectivity index (χ3n) is 4.00. The quantitative estimate of drug-likeness (QED) is 0.883. The largest absolute Gasteiger partial charge is 0.481 e. The summed E-state index contributed by atoms with van der Waals surface area (Å²) in [5, 5.41) is 16.0. The van der Waals surface area contributed by atoms with Crippen molar-refractivity contribution in [3.63, 3.8) is 0 Å². The van der Waals surface area contributed by atoms with E-state index in [9.17, 15) is 9.59 Å². The fourth-order valence-electron chi connectivity index (χ4n) is 3.01. The zero-order valence-electron chi connectivity index (χ0n) is 13.0. The van der Waals surface area contributed by atoms with Gasteiger partial charge in [-0.1, -0.05) is 18.2 Å². The molecule has 6 heteroatoms. The average Bonchev–Trinajstić information content (AvgIpc) is 3.08. The predicted octanol–water partition coefficient (Wildman–Crippen LogP) is 1.95. The number of carbonyl (C=O) groups is 2. The lowest BCUT2D eigenvalue weighted by Crippen LogP contribution is -2.35. The molecule has 0 spiro atoms. The van der Waals surface area contributed by atoms with Gasteiger partial charge in [0, 0.05) is 17.3 Å². The highest BCUT2D eigenvalue weighted by Crippen LogP contribution is 2.27. The molecule has 0 saturated heterocycles. The molecule has 1 aliphatic rings. The van der Waals surface area contributed by atoms with Gasteiger partial charge < -0.3 is 10.4 Å². The molecule has 23 heavy (non-hydrogen) atoms. The van der Waals surface area contributed by atoms with Crippen LogP contribution in [-0.2, 0) is 17.6 Å². The first-order valence-corrected chi connectivity index (χ1v) is 7.75. The summed E-state index contributed by atoms with van der Waals surface area (Å²) < 4.78 is 1.83. The van der Waals surface area contributed by atoms with Crippen molar-refractivity contribution in [2.75, 3.05) is 0 Å². The van der Waals surface area contributed by atoms with Crippen LogP contribution in [0.25, 0.3) is 5.69 Å². The van der Waals surface area contributed by atoms with E-state index in [1.54, 1.807) is 6.92 Å². The molecular formula is C17H19N3O3. The minimum Gasteiger partial charge on any atom is -0.481 e. The van der Waals surface area contributed by atoms with Gasteiger partial charge in [-0.25, -0.2) is 4.68 Å². The van der Waals surface area contributed by atoms with Gasteiger partial charge in [-0.05, 0) is 38.3 Å². The molecule has 0 radical (unpaired) electrons. The van der Waals surface area contributed by atoms with E-state index in [0.717, 1.165) is 36.2 Å². The molecule has 1 unspecified atom stereocenters. The summed E-state index contributed by atoms with van der Waals surface area (Å²) in [4.78, 5) is 23.2. The van der Waals surface area contributed by atoms with Crippen LogP contribution in [-0.4, -0.2) is 32.8 Å². The number of carbonyl (C=O) groups excluding carboxylic acids is 1. The number of amides is 1. The number of carboxylic acid groups (broad SMARTS) is 1. The maximum atomic E-state index is 12.5. The molecule has 0 fully saturated rings. The Morgan fingerprint density at radius 3 is 2.74 bits per heavy atom. The minimum atomic E-state index is -0.933. The van der Waals surface area contributed by atoms with E-state index in [-0.39, 0.29) is 12.3 Å². The number of benzene rings is 1. The van der Waals surface area contributed by atoms with Crippen LogP contribution >= 0.6 is 0 Å². The molecule has 0 saturated carbocycles. The zero-order valence-corrected chi connectivity index (χ0v) is 13.0. The van der Waals surface area contributed by atoms with Crippen molar-refractivity contribution in [1.29, 1.82) is 0 Å². The molecule has 120 valence electrons. The Morgan fingerprint density at radius 1 is 1.30 bits per heavy atom. The maximum absolute atomic E-state index is 12.5. The van der Waals surface area contributed by atoms with Crippen LogP contribution in [0.2, 0.25) is 0 Å². The van der Waals surface area contributed by atoms with Crippen molar-refractivity contribution in [3.05, 3.63) is 47.3 Å². The normalized spacial score (nSPS) is 14.3. The number of fused-ring (bicyclic) bond motifs is 1. The minimum absolute atomic E-state index is 0.104. The summed E-state index contributed by atoms with van der Waals surface area (Å²) in [6.07, 6.45) is 2.63. The summed E-state index contributed by atoms with van der Waals surface area (Å²) >= 11 is 0. The van der Waals surface area contributed by atoms with Crippen LogP contribution in [0.15, 0.2) is 30.3 Å². The van der Waals surface area contributed by atoms with E-state index in [0.29, 0.717) is 5.69 Å². The molecule has 1 amide bonds. The maximum Gasteiger partial charge on any atom is 0.305 e. The van der Waals surface area contributed by atoms with Crippen LogP contribution in [0.1, 0.15) is 41.5 Å². The topological polar surface area (TPSA) is 84.2 Å². The molecule has 6 nitrogen and oxygen atoms in total. The third kappa shape index (κ3) is 3.11. The van der Waals surface area contributed by atoms with Gasteiger partial charge in [0.15, 0.2) is 5.69 Å². The van der Waals surface area contributed by atoms with Crippen LogP contribution in [0.4, 0.5) is 0 Å². The second-order valence-corrected chi connectivity index (χ2v) is 5.85. The number of hydrogen-bond acceptors (Lipinski definition) is 3. The number of nitrogens with zero attached hydrogens (tertiary/aromatic N) is 2. The van der Waals surface area contributed by atoms with Crippen molar-refractivity contribution in [1.82, 2.24) is 15.1 Å². The Morgan fingerprint density at radius 2 is 2.04 bits per heavy atom. The van der Waals surface area contributed by atoms with Gasteiger partial charge >= 0.3 is 5.97 Å². The van der Waals surface area contributed by atoms with Gasteiger partial charge in [-0.3, -0.25) is 9.59 Å². The van der Waals surface area contributed by atoms with E-state index in [2.05, 4.69) is 10.4 Å². The first-order chi connectivity index (χ1) is 11.1. The van der Waals surface area contributed by atoms with E-state index in [1.807, 2.05) is 35.0 Å². The fraction of sp³-hybridized carbons (Fsp3) is 0.353. The van der Waals surface area contributed by atoms with Gasteiger partial charge in [0.2, 0.25) is 0 Å². The number of hydrogen-bond donors (Lipinski definition) is 2. The van der Waals surface area contributed by atoms with Gasteiger partial charge in [0.05, 0.1) is 12.1 Å². The van der Waals surface area contributed by atoms with Crippen LogP contribution < -0.4 is 5.32 Å². The first kappa shape index (κ1) is 15.3. The van der Waals surface area contributed by atoms with Crippen molar-refractivity contribution in [2.24, 2.45) is 0 Å². The van der Waals surface area contributed by atoms with E-state index < -0.39 is 12.0 Å². The zero-order chi connectivity index (χ0) is 16.4. The van der Waals surface area contributed by atoms with Crippen molar-refractivity contribution >= 4 is 11.9 Å². The molecule has 0 bridgehead atoms. The van der Waals surface area contributed by atoms with E-state index in [1.165, 1.54) is 0 Å². The Bertz CT molecular complexity index is 737. The molecule has 1 atom stereocenters. The number of aromatic nitrogens is 2. The van der Waals surface area contributed by atoms with Crippen molar-refractivity contribution in [3.8, 4) is 5.69 Å². The van der Waals surface area contributed by atoms with Crippen molar-refractivity contribution in [2.45, 2.75) is 38.6 Å². The highest BCUT2D eigenvalue weighted by molar-refractivity contribution is 5.94. The van der Waals surface area contributed by atoms with E-state index >= 15 is 0 Å². The number of rotatable bonds is 5. The van der Waals surface area contributed by atoms with Crippen LogP contribution in [0, 0.1) is 0 Å². The fourth-order valence-corrected chi connectivity index (χ4v) is 3.01. The lowest BCUT2D eigenvalue weighted by atomic mass is 10.1. The second kappa shape index (κ2) is 6.24.